The number of fused-ring (bicyclic) bond motifs is 7. The minimum Gasteiger partial charge on any atom is -0.457 e. The molecule has 5 nitrogen and oxygen atoms in total. The fourth-order valence-electron chi connectivity index (χ4n) is 5.81. The van der Waals surface area contributed by atoms with Gasteiger partial charge >= 0.3 is 14.2 Å². The predicted octanol–water partition coefficient (Wildman–Crippen LogP) is 6.49. The highest BCUT2D eigenvalue weighted by Gasteiger charge is 2.54. The monoisotopic (exact) mass is 520 g/mol. The molecule has 2 aliphatic rings. The lowest BCUT2D eigenvalue weighted by Crippen LogP contribution is -2.41. The normalized spacial score (nSPS) is 21.6. The van der Waals surface area contributed by atoms with E-state index in [0.717, 1.165) is 54.4 Å². The lowest BCUT2D eigenvalue weighted by molar-refractivity contribution is 0.00578. The molecule has 3 heterocycles. The third kappa shape index (κ3) is 3.50. The van der Waals surface area contributed by atoms with Crippen LogP contribution in [0.25, 0.3) is 43.5 Å². The van der Waals surface area contributed by atoms with Gasteiger partial charge in [0.05, 0.1) is 22.4 Å². The molecule has 0 bridgehead atoms. The molecule has 0 spiro atoms. The highest BCUT2D eigenvalue weighted by molar-refractivity contribution is 6.67. The molecule has 2 saturated heterocycles. The maximum atomic E-state index is 6.91. The van der Waals surface area contributed by atoms with Crippen LogP contribution >= 0.6 is 0 Å². The Balaban J connectivity index is 1.59. The summed E-state index contributed by atoms with van der Waals surface area (Å²) in [5.41, 5.74) is 1.45. The molecule has 0 unspecified atom stereocenters. The molecule has 4 aromatic carbocycles. The molecule has 0 atom stereocenters. The highest BCUT2D eigenvalue weighted by Crippen LogP contribution is 2.42. The minimum atomic E-state index is -0.561. The second-order valence-corrected chi connectivity index (χ2v) is 13.1. The summed E-state index contributed by atoms with van der Waals surface area (Å²) in [5.74, 6) is 0. The molecule has 39 heavy (non-hydrogen) atoms. The quantitative estimate of drug-likeness (QED) is 0.249. The summed E-state index contributed by atoms with van der Waals surface area (Å²) in [4.78, 5) is 0. The van der Waals surface area contributed by atoms with Gasteiger partial charge in [0, 0.05) is 21.7 Å². The Bertz CT molecular complexity index is 1640. The summed E-state index contributed by atoms with van der Waals surface area (Å²) in [6.07, 6.45) is 0. The average Bonchev–Trinajstić information content (AvgIpc) is 3.44. The average molecular weight is 520 g/mol. The third-order valence-electron chi connectivity index (χ3n) is 9.53. The van der Waals surface area contributed by atoms with E-state index in [1.807, 2.05) is 0 Å². The Kier molecular flexibility index (Phi) is 5.09. The molecule has 198 valence electrons. The zero-order chi connectivity index (χ0) is 27.5. The summed E-state index contributed by atoms with van der Waals surface area (Å²) in [6, 6.07) is 21.2. The molecule has 7 rings (SSSR count). The second-order valence-electron chi connectivity index (χ2n) is 13.1. The van der Waals surface area contributed by atoms with Crippen LogP contribution < -0.4 is 10.9 Å². The standard InChI is InChI=1S/C32H34B2O5/c1-29(2)30(3,4)37-33(36-29)23-17-19-13-9-11-15-21(19)25-26-22-16-12-10-14-20(22)18-24(28(26)35-27(23)25)34-38-31(5,6)32(7,8)39-34/h9-18H,1-8H3. The Labute approximate surface area is 230 Å². The predicted molar refractivity (Wildman–Crippen MR) is 160 cm³/mol. The van der Waals surface area contributed by atoms with E-state index in [2.05, 4.69) is 116 Å². The molecular formula is C32H34B2O5. The fraction of sp³-hybridized carbons (Fsp3) is 0.375. The van der Waals surface area contributed by atoms with Crippen molar-refractivity contribution in [2.24, 2.45) is 0 Å². The van der Waals surface area contributed by atoms with Crippen LogP contribution in [0.3, 0.4) is 0 Å². The van der Waals surface area contributed by atoms with E-state index >= 15 is 0 Å². The maximum absolute atomic E-state index is 6.91. The van der Waals surface area contributed by atoms with Gasteiger partial charge in [-0.25, -0.2) is 0 Å². The van der Waals surface area contributed by atoms with Gasteiger partial charge in [-0.05, 0) is 76.9 Å². The van der Waals surface area contributed by atoms with Crippen LogP contribution in [0.1, 0.15) is 55.4 Å². The first-order valence-corrected chi connectivity index (χ1v) is 13.8. The molecule has 1 aromatic heterocycles. The Morgan fingerprint density at radius 3 is 1.18 bits per heavy atom. The number of rotatable bonds is 2. The zero-order valence-corrected chi connectivity index (χ0v) is 24.0. The van der Waals surface area contributed by atoms with E-state index in [4.69, 9.17) is 23.0 Å². The lowest BCUT2D eigenvalue weighted by atomic mass is 9.75. The molecule has 2 aliphatic heterocycles. The summed E-state index contributed by atoms with van der Waals surface area (Å²) >= 11 is 0. The summed E-state index contributed by atoms with van der Waals surface area (Å²) in [6.45, 7) is 16.6. The SMILES string of the molecule is CC1(C)OB(c2cc3ccccc3c3c2oc2c(B4OC(C)(C)C(C)(C)O4)cc4ccccc4c23)OC1(C)C. The van der Waals surface area contributed by atoms with Crippen LogP contribution in [-0.2, 0) is 18.6 Å². The molecular weight excluding hydrogens is 486 g/mol. The van der Waals surface area contributed by atoms with E-state index in [1.165, 1.54) is 0 Å². The van der Waals surface area contributed by atoms with Gasteiger partial charge in [-0.15, -0.1) is 0 Å². The molecule has 2 fully saturated rings. The highest BCUT2D eigenvalue weighted by atomic mass is 16.7. The Morgan fingerprint density at radius 2 is 0.821 bits per heavy atom. The second kappa shape index (κ2) is 7.88. The van der Waals surface area contributed by atoms with Crippen LogP contribution in [0.15, 0.2) is 65.1 Å². The van der Waals surface area contributed by atoms with Crippen molar-refractivity contribution in [3.05, 3.63) is 60.7 Å². The van der Waals surface area contributed by atoms with E-state index in [9.17, 15) is 0 Å². The fourth-order valence-corrected chi connectivity index (χ4v) is 5.81. The van der Waals surface area contributed by atoms with Crippen molar-refractivity contribution in [3.63, 3.8) is 0 Å². The zero-order valence-electron chi connectivity index (χ0n) is 24.0. The van der Waals surface area contributed by atoms with Gasteiger partial charge in [-0.2, -0.15) is 0 Å². The topological polar surface area (TPSA) is 50.1 Å². The number of furan rings is 1. The van der Waals surface area contributed by atoms with E-state index in [1.54, 1.807) is 0 Å². The van der Waals surface area contributed by atoms with Crippen molar-refractivity contribution in [1.29, 1.82) is 0 Å². The molecule has 0 radical (unpaired) electrons. The number of benzene rings is 4. The van der Waals surface area contributed by atoms with Gasteiger partial charge in [0.25, 0.3) is 0 Å². The van der Waals surface area contributed by atoms with Crippen LogP contribution in [-0.4, -0.2) is 36.6 Å². The van der Waals surface area contributed by atoms with Crippen molar-refractivity contribution in [3.8, 4) is 0 Å². The first kappa shape index (κ1) is 25.2. The van der Waals surface area contributed by atoms with Crippen molar-refractivity contribution in [2.75, 3.05) is 0 Å². The smallest absolute Gasteiger partial charge is 0.457 e. The van der Waals surface area contributed by atoms with E-state index < -0.39 is 36.6 Å². The Hall–Kier alpha value is -2.83. The van der Waals surface area contributed by atoms with Gasteiger partial charge in [0.1, 0.15) is 11.2 Å². The van der Waals surface area contributed by atoms with Crippen LogP contribution in [0.5, 0.6) is 0 Å². The van der Waals surface area contributed by atoms with E-state index in [-0.39, 0.29) is 0 Å². The first-order chi connectivity index (χ1) is 18.3. The lowest BCUT2D eigenvalue weighted by Gasteiger charge is -2.32. The maximum Gasteiger partial charge on any atom is 0.498 e. The molecule has 0 amide bonds. The summed E-state index contributed by atoms with van der Waals surface area (Å²) < 4.78 is 33.1. The Morgan fingerprint density at radius 1 is 0.487 bits per heavy atom. The molecule has 0 N–H and O–H groups in total. The van der Waals surface area contributed by atoms with Gasteiger partial charge < -0.3 is 23.0 Å². The van der Waals surface area contributed by atoms with Crippen molar-refractivity contribution < 1.29 is 23.0 Å². The summed E-state index contributed by atoms with van der Waals surface area (Å²) in [7, 11) is -1.12. The minimum absolute atomic E-state index is 0.470. The van der Waals surface area contributed by atoms with Crippen LogP contribution in [0.2, 0.25) is 0 Å². The molecule has 0 saturated carbocycles. The summed E-state index contributed by atoms with van der Waals surface area (Å²) in [5, 5.41) is 6.60. The van der Waals surface area contributed by atoms with Crippen molar-refractivity contribution >= 4 is 68.6 Å². The van der Waals surface area contributed by atoms with Gasteiger partial charge in [-0.1, -0.05) is 60.7 Å². The number of hydrogen-bond donors (Lipinski definition) is 0. The first-order valence-electron chi connectivity index (χ1n) is 13.8. The van der Waals surface area contributed by atoms with Gasteiger partial charge in [0.15, 0.2) is 0 Å². The van der Waals surface area contributed by atoms with Crippen LogP contribution in [0.4, 0.5) is 0 Å². The molecule has 0 aliphatic carbocycles. The van der Waals surface area contributed by atoms with E-state index in [0.29, 0.717) is 0 Å². The molecule has 7 heteroatoms. The third-order valence-corrected chi connectivity index (χ3v) is 9.53. The van der Waals surface area contributed by atoms with Gasteiger partial charge in [-0.3, -0.25) is 0 Å². The van der Waals surface area contributed by atoms with Crippen LogP contribution in [0, 0.1) is 0 Å². The number of hydrogen-bond acceptors (Lipinski definition) is 5. The largest absolute Gasteiger partial charge is 0.498 e. The van der Waals surface area contributed by atoms with Crippen molar-refractivity contribution in [1.82, 2.24) is 0 Å². The molecule has 5 aromatic rings. The van der Waals surface area contributed by atoms with Gasteiger partial charge in [0.2, 0.25) is 0 Å². The van der Waals surface area contributed by atoms with Crippen molar-refractivity contribution in [2.45, 2.75) is 77.8 Å².